The molecule has 0 heterocycles. The van der Waals surface area contributed by atoms with E-state index in [1.54, 1.807) is 24.3 Å². The molecule has 0 saturated carbocycles. The summed E-state index contributed by atoms with van der Waals surface area (Å²) in [6.07, 6.45) is 0. The van der Waals surface area contributed by atoms with E-state index in [0.29, 0.717) is 10.6 Å². The lowest BCUT2D eigenvalue weighted by molar-refractivity contribution is 0.669. The van der Waals surface area contributed by atoms with Crippen molar-refractivity contribution in [2.45, 2.75) is 6.92 Å². The molecule has 0 saturated heterocycles. The van der Waals surface area contributed by atoms with Crippen molar-refractivity contribution in [1.29, 1.82) is 0 Å². The molecule has 1 aromatic carbocycles. The van der Waals surface area contributed by atoms with Crippen LogP contribution in [0.3, 0.4) is 0 Å². The van der Waals surface area contributed by atoms with Crippen LogP contribution in [0.2, 0.25) is 5.02 Å². The second kappa shape index (κ2) is 4.63. The predicted molar refractivity (Wildman–Crippen MR) is 60.1 cm³/mol. The first-order valence-electron chi connectivity index (χ1n) is 3.99. The van der Waals surface area contributed by atoms with Crippen LogP contribution in [0.5, 0.6) is 0 Å². The maximum atomic E-state index is 13.3. The van der Waals surface area contributed by atoms with Gasteiger partial charge in [-0.05, 0) is 24.6 Å². The molecule has 0 amide bonds. The van der Waals surface area contributed by atoms with Gasteiger partial charge in [-0.3, -0.25) is 0 Å². The average Bonchev–Trinajstić information content (AvgIpc) is 2.16. The van der Waals surface area contributed by atoms with E-state index in [-0.39, 0.29) is 10.6 Å². The van der Waals surface area contributed by atoms with Crippen molar-refractivity contribution in [3.05, 3.63) is 52.3 Å². The van der Waals surface area contributed by atoms with Gasteiger partial charge in [0.1, 0.15) is 5.83 Å². The Morgan fingerprint density at radius 3 is 2.21 bits per heavy atom. The third kappa shape index (κ3) is 2.60. The highest BCUT2D eigenvalue weighted by Gasteiger charge is 2.07. The van der Waals surface area contributed by atoms with Gasteiger partial charge in [-0.25, -0.2) is 4.39 Å². The van der Waals surface area contributed by atoms with Crippen LogP contribution in [0.4, 0.5) is 4.39 Å². The zero-order valence-electron chi connectivity index (χ0n) is 7.65. The molecule has 14 heavy (non-hydrogen) atoms. The lowest BCUT2D eigenvalue weighted by atomic mass is 10.1. The molecular formula is C11H9Cl2F. The molecule has 74 valence electrons. The Labute approximate surface area is 92.6 Å². The molecule has 0 bridgehead atoms. The summed E-state index contributed by atoms with van der Waals surface area (Å²) in [5, 5.41) is 0.707. The molecule has 0 nitrogen and oxygen atoms in total. The van der Waals surface area contributed by atoms with Gasteiger partial charge in [0.25, 0.3) is 0 Å². The monoisotopic (exact) mass is 230 g/mol. The molecule has 0 aliphatic rings. The van der Waals surface area contributed by atoms with Gasteiger partial charge in [-0.1, -0.05) is 41.9 Å². The molecule has 0 aromatic heterocycles. The molecule has 1 aromatic rings. The predicted octanol–water partition coefficient (Wildman–Crippen LogP) is 4.79. The first-order valence-corrected chi connectivity index (χ1v) is 4.75. The Hall–Kier alpha value is -0.790. The normalized spacial score (nSPS) is 12.3. The van der Waals surface area contributed by atoms with Crippen molar-refractivity contribution in [2.24, 2.45) is 0 Å². The summed E-state index contributed by atoms with van der Waals surface area (Å²) < 4.78 is 13.3. The fourth-order valence-electron chi connectivity index (χ4n) is 0.986. The van der Waals surface area contributed by atoms with E-state index in [0.717, 1.165) is 0 Å². The number of rotatable bonds is 2. The first kappa shape index (κ1) is 11.3. The van der Waals surface area contributed by atoms with Crippen LogP contribution in [-0.4, -0.2) is 0 Å². The van der Waals surface area contributed by atoms with E-state index < -0.39 is 5.83 Å². The van der Waals surface area contributed by atoms with E-state index in [2.05, 4.69) is 6.58 Å². The van der Waals surface area contributed by atoms with Gasteiger partial charge < -0.3 is 0 Å². The van der Waals surface area contributed by atoms with Gasteiger partial charge in [0, 0.05) is 10.6 Å². The Bertz CT molecular complexity index is 373. The second-order valence-electron chi connectivity index (χ2n) is 2.83. The quantitative estimate of drug-likeness (QED) is 0.641. The van der Waals surface area contributed by atoms with Crippen LogP contribution in [0, 0.1) is 0 Å². The van der Waals surface area contributed by atoms with E-state index >= 15 is 0 Å². The van der Waals surface area contributed by atoms with Crippen molar-refractivity contribution in [3.8, 4) is 0 Å². The lowest BCUT2D eigenvalue weighted by Gasteiger charge is -2.04. The van der Waals surface area contributed by atoms with E-state index in [4.69, 9.17) is 23.2 Å². The summed E-state index contributed by atoms with van der Waals surface area (Å²) in [7, 11) is 0. The number of allylic oxidation sites excluding steroid dienone is 3. The molecule has 0 aliphatic heterocycles. The van der Waals surface area contributed by atoms with Gasteiger partial charge in [0.2, 0.25) is 0 Å². The van der Waals surface area contributed by atoms with E-state index in [1.807, 2.05) is 0 Å². The molecule has 3 heteroatoms. The Morgan fingerprint density at radius 2 is 1.79 bits per heavy atom. The summed E-state index contributed by atoms with van der Waals surface area (Å²) in [5.74, 6) is -0.492. The average molecular weight is 231 g/mol. The van der Waals surface area contributed by atoms with Crippen molar-refractivity contribution in [2.75, 3.05) is 0 Å². The number of hydrogen-bond acceptors (Lipinski definition) is 0. The van der Waals surface area contributed by atoms with E-state index in [9.17, 15) is 4.39 Å². The number of benzene rings is 1. The first-order chi connectivity index (χ1) is 6.52. The van der Waals surface area contributed by atoms with Gasteiger partial charge in [0.15, 0.2) is 0 Å². The molecular weight excluding hydrogens is 222 g/mol. The minimum atomic E-state index is -0.492. The smallest absolute Gasteiger partial charge is 0.144 e. The molecule has 0 N–H and O–H groups in total. The van der Waals surface area contributed by atoms with Gasteiger partial charge in [0.05, 0.1) is 5.03 Å². The minimum Gasteiger partial charge on any atom is -0.205 e. The van der Waals surface area contributed by atoms with Crippen LogP contribution < -0.4 is 0 Å². The summed E-state index contributed by atoms with van der Waals surface area (Å²) in [6.45, 7) is 5.10. The largest absolute Gasteiger partial charge is 0.205 e. The van der Waals surface area contributed by atoms with Crippen molar-refractivity contribution < 1.29 is 4.39 Å². The SMILES string of the molecule is C=C(C(F)=C(C)Cl)c1ccc(Cl)cc1. The third-order valence-electron chi connectivity index (χ3n) is 1.76. The van der Waals surface area contributed by atoms with Crippen LogP contribution in [0.15, 0.2) is 41.7 Å². The van der Waals surface area contributed by atoms with Gasteiger partial charge >= 0.3 is 0 Å². The fourth-order valence-corrected chi connectivity index (χ4v) is 1.23. The highest BCUT2D eigenvalue weighted by Crippen LogP contribution is 2.27. The standard InChI is InChI=1S/C11H9Cl2F/c1-7(11(14)8(2)12)9-3-5-10(13)6-4-9/h3-6H,1H2,2H3. The lowest BCUT2D eigenvalue weighted by Crippen LogP contribution is -1.84. The highest BCUT2D eigenvalue weighted by atomic mass is 35.5. The summed E-state index contributed by atoms with van der Waals surface area (Å²) in [4.78, 5) is 0. The molecule has 0 unspecified atom stereocenters. The zero-order chi connectivity index (χ0) is 10.7. The summed E-state index contributed by atoms with van der Waals surface area (Å²) in [6, 6.07) is 6.76. The van der Waals surface area contributed by atoms with Crippen molar-refractivity contribution in [3.63, 3.8) is 0 Å². The summed E-state index contributed by atoms with van der Waals surface area (Å²) >= 11 is 11.2. The molecule has 0 aliphatic carbocycles. The maximum Gasteiger partial charge on any atom is 0.144 e. The molecule has 0 atom stereocenters. The summed E-state index contributed by atoms with van der Waals surface area (Å²) in [5.41, 5.74) is 0.945. The van der Waals surface area contributed by atoms with Crippen LogP contribution in [0.1, 0.15) is 12.5 Å². The molecule has 0 spiro atoms. The Balaban J connectivity index is 3.02. The highest BCUT2D eigenvalue weighted by molar-refractivity contribution is 6.31. The third-order valence-corrected chi connectivity index (χ3v) is 2.18. The van der Waals surface area contributed by atoms with Crippen LogP contribution >= 0.6 is 23.2 Å². The maximum absolute atomic E-state index is 13.3. The van der Waals surface area contributed by atoms with Crippen molar-refractivity contribution in [1.82, 2.24) is 0 Å². The molecule has 0 radical (unpaired) electrons. The minimum absolute atomic E-state index is 0.102. The van der Waals surface area contributed by atoms with E-state index in [1.165, 1.54) is 6.92 Å². The van der Waals surface area contributed by atoms with Crippen molar-refractivity contribution >= 4 is 28.8 Å². The zero-order valence-corrected chi connectivity index (χ0v) is 9.16. The second-order valence-corrected chi connectivity index (χ2v) is 3.84. The van der Waals surface area contributed by atoms with Crippen LogP contribution in [0.25, 0.3) is 5.57 Å². The Morgan fingerprint density at radius 1 is 1.29 bits per heavy atom. The Kier molecular flexibility index (Phi) is 3.73. The topological polar surface area (TPSA) is 0 Å². The van der Waals surface area contributed by atoms with Crippen LogP contribution in [-0.2, 0) is 0 Å². The number of hydrogen-bond donors (Lipinski definition) is 0. The number of halogens is 3. The van der Waals surface area contributed by atoms with Gasteiger partial charge in [-0.2, -0.15) is 0 Å². The molecule has 0 fully saturated rings. The molecule has 1 rings (SSSR count). The fraction of sp³-hybridized carbons (Fsp3) is 0.0909. The van der Waals surface area contributed by atoms with Gasteiger partial charge in [-0.15, -0.1) is 0 Å².